The van der Waals surface area contributed by atoms with E-state index in [1.54, 1.807) is 19.1 Å². The van der Waals surface area contributed by atoms with E-state index in [0.29, 0.717) is 24.1 Å². The van der Waals surface area contributed by atoms with E-state index in [9.17, 15) is 22.4 Å². The number of sulfonamides is 1. The van der Waals surface area contributed by atoms with Gasteiger partial charge in [0.1, 0.15) is 5.82 Å². The van der Waals surface area contributed by atoms with E-state index >= 15 is 0 Å². The Kier molecular flexibility index (Phi) is 7.40. The Morgan fingerprint density at radius 2 is 1.81 bits per heavy atom. The topological polar surface area (TPSA) is 92.8 Å². The largest absolute Gasteiger partial charge is 0.466 e. The third-order valence-electron chi connectivity index (χ3n) is 5.13. The van der Waals surface area contributed by atoms with E-state index in [1.807, 2.05) is 0 Å². The highest BCUT2D eigenvalue weighted by atomic mass is 32.2. The number of halogens is 1. The molecule has 1 saturated heterocycles. The van der Waals surface area contributed by atoms with Gasteiger partial charge in [-0.25, -0.2) is 12.8 Å². The summed E-state index contributed by atoms with van der Waals surface area (Å²) in [6.07, 6.45) is 0.770. The fraction of sp³-hybridized carbons (Fsp3) is 0.364. The minimum Gasteiger partial charge on any atom is -0.466 e. The molecule has 7 nitrogen and oxygen atoms in total. The number of esters is 1. The lowest BCUT2D eigenvalue weighted by Crippen LogP contribution is -2.41. The van der Waals surface area contributed by atoms with Crippen LogP contribution in [0.1, 0.15) is 25.3 Å². The standard InChI is InChI=1S/C22H25FN2O5S/c1-2-30-21(26)15-16-4-3-5-20(14-16)31(28,29)25-12-10-17(11-13-25)22(27)24-19-8-6-18(23)7-9-19/h3-9,14,17H,2,10-13,15H2,1H3,(H,24,27). The number of benzene rings is 2. The molecular weight excluding hydrogens is 423 g/mol. The predicted molar refractivity (Wildman–Crippen MR) is 113 cm³/mol. The van der Waals surface area contributed by atoms with Crippen molar-refractivity contribution in [1.29, 1.82) is 0 Å². The first-order valence-corrected chi connectivity index (χ1v) is 11.5. The smallest absolute Gasteiger partial charge is 0.310 e. The number of rotatable bonds is 7. The van der Waals surface area contributed by atoms with E-state index < -0.39 is 16.0 Å². The highest BCUT2D eigenvalue weighted by Crippen LogP contribution is 2.25. The molecule has 0 saturated carbocycles. The van der Waals surface area contributed by atoms with Crippen molar-refractivity contribution in [2.45, 2.75) is 31.1 Å². The van der Waals surface area contributed by atoms with Crippen molar-refractivity contribution in [1.82, 2.24) is 4.31 Å². The molecule has 2 aromatic carbocycles. The molecule has 0 unspecified atom stereocenters. The summed E-state index contributed by atoms with van der Waals surface area (Å²) in [4.78, 5) is 24.3. The number of amides is 1. The fourth-order valence-corrected chi connectivity index (χ4v) is 5.02. The van der Waals surface area contributed by atoms with Crippen LogP contribution in [0.2, 0.25) is 0 Å². The molecule has 0 bridgehead atoms. The van der Waals surface area contributed by atoms with Gasteiger partial charge in [0, 0.05) is 24.7 Å². The van der Waals surface area contributed by atoms with Gasteiger partial charge in [0.2, 0.25) is 15.9 Å². The molecule has 0 spiro atoms. The number of hydrogen-bond acceptors (Lipinski definition) is 5. The van der Waals surface area contributed by atoms with Gasteiger partial charge in [-0.05, 0) is 61.7 Å². The van der Waals surface area contributed by atoms with Gasteiger partial charge in [-0.3, -0.25) is 9.59 Å². The Bertz CT molecular complexity index is 1030. The van der Waals surface area contributed by atoms with Crippen LogP contribution >= 0.6 is 0 Å². The number of nitrogens with one attached hydrogen (secondary N) is 1. The monoisotopic (exact) mass is 448 g/mol. The Hall–Kier alpha value is -2.78. The average molecular weight is 449 g/mol. The summed E-state index contributed by atoms with van der Waals surface area (Å²) < 4.78 is 45.3. The molecular formula is C22H25FN2O5S. The Labute approximate surface area is 181 Å². The van der Waals surface area contributed by atoms with Gasteiger partial charge < -0.3 is 10.1 Å². The van der Waals surface area contributed by atoms with Gasteiger partial charge in [0.25, 0.3) is 0 Å². The summed E-state index contributed by atoms with van der Waals surface area (Å²) in [5, 5.41) is 2.74. The summed E-state index contributed by atoms with van der Waals surface area (Å²) in [5.41, 5.74) is 1.06. The first-order valence-electron chi connectivity index (χ1n) is 10.1. The van der Waals surface area contributed by atoms with Crippen LogP contribution in [-0.2, 0) is 30.8 Å². The van der Waals surface area contributed by atoms with Crippen LogP contribution < -0.4 is 5.32 Å². The molecule has 9 heteroatoms. The molecule has 31 heavy (non-hydrogen) atoms. The summed E-state index contributed by atoms with van der Waals surface area (Å²) in [5.74, 6) is -1.33. The predicted octanol–water partition coefficient (Wildman–Crippen LogP) is 2.97. The fourth-order valence-electron chi connectivity index (χ4n) is 3.48. The van der Waals surface area contributed by atoms with Crippen LogP contribution in [0, 0.1) is 11.7 Å². The van der Waals surface area contributed by atoms with E-state index in [1.165, 1.54) is 40.7 Å². The quantitative estimate of drug-likeness (QED) is 0.658. The summed E-state index contributed by atoms with van der Waals surface area (Å²) >= 11 is 0. The van der Waals surface area contributed by atoms with Crippen molar-refractivity contribution in [3.63, 3.8) is 0 Å². The van der Waals surface area contributed by atoms with Gasteiger partial charge in [-0.1, -0.05) is 12.1 Å². The number of ether oxygens (including phenoxy) is 1. The molecule has 166 valence electrons. The van der Waals surface area contributed by atoms with E-state index in [4.69, 9.17) is 4.74 Å². The zero-order valence-corrected chi connectivity index (χ0v) is 18.0. The number of piperidine rings is 1. The van der Waals surface area contributed by atoms with Gasteiger partial charge in [-0.15, -0.1) is 0 Å². The molecule has 1 fully saturated rings. The second-order valence-corrected chi connectivity index (χ2v) is 9.24. The number of anilines is 1. The molecule has 0 atom stereocenters. The average Bonchev–Trinajstić information content (AvgIpc) is 2.76. The van der Waals surface area contributed by atoms with Gasteiger partial charge in [0.15, 0.2) is 0 Å². The van der Waals surface area contributed by atoms with Crippen molar-refractivity contribution >= 4 is 27.6 Å². The maximum atomic E-state index is 13.0. The number of carbonyl (C=O) groups is 2. The van der Waals surface area contributed by atoms with Crippen LogP contribution in [0.3, 0.4) is 0 Å². The lowest BCUT2D eigenvalue weighted by atomic mass is 9.97. The van der Waals surface area contributed by atoms with Crippen LogP contribution in [0.5, 0.6) is 0 Å². The lowest BCUT2D eigenvalue weighted by Gasteiger charge is -2.30. The first-order chi connectivity index (χ1) is 14.8. The third-order valence-corrected chi connectivity index (χ3v) is 7.02. The Balaban J connectivity index is 1.61. The third kappa shape index (κ3) is 5.89. The maximum Gasteiger partial charge on any atom is 0.310 e. The molecule has 1 amide bonds. The van der Waals surface area contributed by atoms with Crippen LogP contribution in [0.4, 0.5) is 10.1 Å². The molecule has 0 radical (unpaired) electrons. The van der Waals surface area contributed by atoms with Crippen molar-refractivity contribution < 1.29 is 27.1 Å². The number of nitrogens with zero attached hydrogens (tertiary/aromatic N) is 1. The molecule has 0 aromatic heterocycles. The molecule has 3 rings (SSSR count). The first kappa shape index (κ1) is 22.9. The minimum atomic E-state index is -3.74. The highest BCUT2D eigenvalue weighted by Gasteiger charge is 2.32. The summed E-state index contributed by atoms with van der Waals surface area (Å²) in [6.45, 7) is 2.40. The van der Waals surface area contributed by atoms with Crippen molar-refractivity contribution in [2.24, 2.45) is 5.92 Å². The van der Waals surface area contributed by atoms with Crippen molar-refractivity contribution in [3.8, 4) is 0 Å². The van der Waals surface area contributed by atoms with Crippen LogP contribution in [0.15, 0.2) is 53.4 Å². The zero-order valence-electron chi connectivity index (χ0n) is 17.2. The van der Waals surface area contributed by atoms with Crippen LogP contribution in [0.25, 0.3) is 0 Å². The molecule has 0 aliphatic carbocycles. The maximum absolute atomic E-state index is 13.0. The molecule has 2 aromatic rings. The highest BCUT2D eigenvalue weighted by molar-refractivity contribution is 7.89. The number of carbonyl (C=O) groups excluding carboxylic acids is 2. The van der Waals surface area contributed by atoms with Crippen LogP contribution in [-0.4, -0.2) is 44.3 Å². The molecule has 1 aliphatic rings. The van der Waals surface area contributed by atoms with Gasteiger partial charge in [-0.2, -0.15) is 4.31 Å². The van der Waals surface area contributed by atoms with E-state index in [0.717, 1.165) is 0 Å². The van der Waals surface area contributed by atoms with Gasteiger partial charge >= 0.3 is 5.97 Å². The summed E-state index contributed by atoms with van der Waals surface area (Å²) in [7, 11) is -3.74. The number of hydrogen-bond donors (Lipinski definition) is 1. The molecule has 1 heterocycles. The van der Waals surface area contributed by atoms with Gasteiger partial charge in [0.05, 0.1) is 17.9 Å². The lowest BCUT2D eigenvalue weighted by molar-refractivity contribution is -0.142. The molecule has 1 aliphatic heterocycles. The van der Waals surface area contributed by atoms with E-state index in [-0.39, 0.29) is 48.7 Å². The molecule has 1 N–H and O–H groups in total. The minimum absolute atomic E-state index is 0.00281. The zero-order chi connectivity index (χ0) is 22.4. The second kappa shape index (κ2) is 10.0. The SMILES string of the molecule is CCOC(=O)Cc1cccc(S(=O)(=O)N2CCC(C(=O)Nc3ccc(F)cc3)CC2)c1. The Morgan fingerprint density at radius 3 is 2.45 bits per heavy atom. The second-order valence-electron chi connectivity index (χ2n) is 7.30. The van der Waals surface area contributed by atoms with Crippen molar-refractivity contribution in [2.75, 3.05) is 25.0 Å². The normalized spacial score (nSPS) is 15.4. The summed E-state index contributed by atoms with van der Waals surface area (Å²) in [6, 6.07) is 11.8. The Morgan fingerprint density at radius 1 is 1.13 bits per heavy atom. The van der Waals surface area contributed by atoms with Crippen molar-refractivity contribution in [3.05, 3.63) is 59.9 Å². The van der Waals surface area contributed by atoms with E-state index in [2.05, 4.69) is 5.32 Å².